The van der Waals surface area contributed by atoms with E-state index in [4.69, 9.17) is 4.74 Å². The van der Waals surface area contributed by atoms with Crippen LogP contribution in [0.1, 0.15) is 30.6 Å². The zero-order chi connectivity index (χ0) is 25.8. The number of pyridine rings is 1. The number of amides is 1. The Balaban J connectivity index is 1.36. The lowest BCUT2D eigenvalue weighted by Gasteiger charge is -2.27. The van der Waals surface area contributed by atoms with Gasteiger partial charge in [-0.2, -0.15) is 0 Å². The first-order valence-corrected chi connectivity index (χ1v) is 12.5. The van der Waals surface area contributed by atoms with Gasteiger partial charge in [-0.15, -0.1) is 0 Å². The summed E-state index contributed by atoms with van der Waals surface area (Å²) in [5.74, 6) is 1.17. The molecule has 0 aliphatic carbocycles. The van der Waals surface area contributed by atoms with Crippen LogP contribution in [0.3, 0.4) is 0 Å². The van der Waals surface area contributed by atoms with Gasteiger partial charge in [0.05, 0.1) is 18.7 Å². The number of aromatic hydroxyl groups is 1. The maximum Gasteiger partial charge on any atom is 0.255 e. The molecule has 1 aliphatic heterocycles. The van der Waals surface area contributed by atoms with Gasteiger partial charge < -0.3 is 25.4 Å². The van der Waals surface area contributed by atoms with Crippen molar-refractivity contribution in [3.05, 3.63) is 66.5 Å². The highest BCUT2D eigenvalue weighted by atomic mass is 16.5. The second-order valence-electron chi connectivity index (χ2n) is 9.11. The van der Waals surface area contributed by atoms with E-state index in [9.17, 15) is 9.90 Å². The molecule has 0 bridgehead atoms. The van der Waals surface area contributed by atoms with E-state index in [2.05, 4.69) is 44.3 Å². The number of carbonyl (C=O) groups is 1. The number of benzene rings is 2. The van der Waals surface area contributed by atoms with Crippen molar-refractivity contribution in [2.75, 3.05) is 41.8 Å². The molecule has 0 spiro atoms. The summed E-state index contributed by atoms with van der Waals surface area (Å²) in [5.41, 5.74) is 3.20. The maximum atomic E-state index is 13.0. The summed E-state index contributed by atoms with van der Waals surface area (Å²) >= 11 is 0. The fourth-order valence-corrected chi connectivity index (χ4v) is 4.18. The van der Waals surface area contributed by atoms with E-state index in [1.54, 1.807) is 30.6 Å². The van der Waals surface area contributed by atoms with Crippen molar-refractivity contribution in [3.63, 3.8) is 0 Å². The molecule has 190 valence electrons. The molecular formula is C28H30N6O3. The number of phenolic OH excluding ortho intramolecular Hbond substituents is 1. The number of hydrogen-bond acceptors (Lipinski definition) is 8. The highest BCUT2D eigenvalue weighted by molar-refractivity contribution is 6.05. The Hall–Kier alpha value is -4.24. The van der Waals surface area contributed by atoms with Crippen LogP contribution in [0.25, 0.3) is 22.0 Å². The summed E-state index contributed by atoms with van der Waals surface area (Å²) < 4.78 is 5.40. The molecule has 3 heterocycles. The minimum Gasteiger partial charge on any atom is -0.507 e. The highest BCUT2D eigenvalue weighted by Crippen LogP contribution is 2.34. The molecular weight excluding hydrogens is 468 g/mol. The molecule has 0 radical (unpaired) electrons. The highest BCUT2D eigenvalue weighted by Gasteiger charge is 2.16. The van der Waals surface area contributed by atoms with E-state index in [1.165, 1.54) is 0 Å². The third-order valence-corrected chi connectivity index (χ3v) is 6.46. The summed E-state index contributed by atoms with van der Waals surface area (Å²) in [5, 5.41) is 17.8. The number of aromatic nitrogens is 3. The number of nitrogens with zero attached hydrogens (tertiary/aromatic N) is 4. The quantitative estimate of drug-likeness (QED) is 0.336. The Morgan fingerprint density at radius 2 is 1.97 bits per heavy atom. The average Bonchev–Trinajstić information content (AvgIpc) is 2.93. The van der Waals surface area contributed by atoms with Gasteiger partial charge in [0, 0.05) is 59.8 Å². The zero-order valence-electron chi connectivity index (χ0n) is 20.9. The Morgan fingerprint density at radius 1 is 1.14 bits per heavy atom. The number of nitrogens with one attached hydrogen (secondary N) is 2. The topological polar surface area (TPSA) is 112 Å². The first kappa shape index (κ1) is 24.5. The molecule has 1 unspecified atom stereocenters. The average molecular weight is 499 g/mol. The number of phenols is 1. The van der Waals surface area contributed by atoms with Gasteiger partial charge in [-0.05, 0) is 49.2 Å². The Kier molecular flexibility index (Phi) is 7.14. The van der Waals surface area contributed by atoms with Gasteiger partial charge in [-0.1, -0.05) is 19.1 Å². The van der Waals surface area contributed by atoms with E-state index in [0.29, 0.717) is 41.5 Å². The lowest BCUT2D eigenvalue weighted by Crippen LogP contribution is -2.36. The first-order valence-electron chi connectivity index (χ1n) is 12.5. The molecule has 4 aromatic rings. The third-order valence-electron chi connectivity index (χ3n) is 6.46. The maximum absolute atomic E-state index is 13.0. The van der Waals surface area contributed by atoms with Crippen LogP contribution >= 0.6 is 0 Å². The first-order chi connectivity index (χ1) is 18.0. The summed E-state index contributed by atoms with van der Waals surface area (Å²) in [7, 11) is 0. The second-order valence-corrected chi connectivity index (χ2v) is 9.11. The van der Waals surface area contributed by atoms with Crippen molar-refractivity contribution in [2.24, 2.45) is 0 Å². The molecule has 3 N–H and O–H groups in total. The van der Waals surface area contributed by atoms with Crippen molar-refractivity contribution in [1.82, 2.24) is 15.0 Å². The number of hydrogen-bond donors (Lipinski definition) is 3. The van der Waals surface area contributed by atoms with Crippen LogP contribution < -0.4 is 15.5 Å². The lowest BCUT2D eigenvalue weighted by atomic mass is 10.0. The van der Waals surface area contributed by atoms with Gasteiger partial charge in [-0.3, -0.25) is 4.79 Å². The molecule has 1 aliphatic rings. The standard InChI is InChI=1S/C28H30N6O3/c1-3-18(2)31-28-30-17-21-14-23(25(35)16-24(21)33-28)19-5-4-6-22(13-19)32-27(36)20-7-8-29-26(15-20)34-9-11-37-12-10-34/h4-8,13-18,35H,3,9-12H2,1-2H3,(H,32,36)(H,30,31,33). The zero-order valence-corrected chi connectivity index (χ0v) is 20.9. The van der Waals surface area contributed by atoms with Gasteiger partial charge in [0.25, 0.3) is 5.91 Å². The van der Waals surface area contributed by atoms with Crippen LogP contribution in [0.4, 0.5) is 17.5 Å². The Bertz CT molecular complexity index is 1420. The van der Waals surface area contributed by atoms with E-state index in [1.807, 2.05) is 30.3 Å². The van der Waals surface area contributed by atoms with Crippen LogP contribution in [-0.4, -0.2) is 58.3 Å². The number of anilines is 3. The third kappa shape index (κ3) is 5.62. The van der Waals surface area contributed by atoms with Gasteiger partial charge in [0.15, 0.2) is 0 Å². The molecule has 0 saturated carbocycles. The van der Waals surface area contributed by atoms with Crippen molar-refractivity contribution in [2.45, 2.75) is 26.3 Å². The van der Waals surface area contributed by atoms with E-state index < -0.39 is 0 Å². The Morgan fingerprint density at radius 3 is 2.78 bits per heavy atom. The molecule has 5 rings (SSSR count). The number of rotatable bonds is 7. The van der Waals surface area contributed by atoms with E-state index in [-0.39, 0.29) is 17.7 Å². The molecule has 1 fully saturated rings. The predicted molar refractivity (Wildman–Crippen MR) is 145 cm³/mol. The van der Waals surface area contributed by atoms with Crippen LogP contribution in [0.2, 0.25) is 0 Å². The fourth-order valence-electron chi connectivity index (χ4n) is 4.18. The Labute approximate surface area is 215 Å². The van der Waals surface area contributed by atoms with Crippen molar-refractivity contribution in [3.8, 4) is 16.9 Å². The van der Waals surface area contributed by atoms with Gasteiger partial charge in [-0.25, -0.2) is 15.0 Å². The SMILES string of the molecule is CCC(C)Nc1ncc2cc(-c3cccc(NC(=O)c4ccnc(N5CCOCC5)c4)c3)c(O)cc2n1. The van der Waals surface area contributed by atoms with Crippen LogP contribution in [0.5, 0.6) is 5.75 Å². The lowest BCUT2D eigenvalue weighted by molar-refractivity contribution is 0.102. The van der Waals surface area contributed by atoms with Crippen molar-refractivity contribution < 1.29 is 14.6 Å². The van der Waals surface area contributed by atoms with Gasteiger partial charge >= 0.3 is 0 Å². The van der Waals surface area contributed by atoms with Crippen LogP contribution in [0.15, 0.2) is 60.9 Å². The summed E-state index contributed by atoms with van der Waals surface area (Å²) in [6.07, 6.45) is 4.35. The van der Waals surface area contributed by atoms with E-state index >= 15 is 0 Å². The summed E-state index contributed by atoms with van der Waals surface area (Å²) in [6.45, 7) is 6.94. The molecule has 1 atom stereocenters. The minimum atomic E-state index is -0.230. The van der Waals surface area contributed by atoms with Crippen molar-refractivity contribution >= 4 is 34.3 Å². The monoisotopic (exact) mass is 498 g/mol. The summed E-state index contributed by atoms with van der Waals surface area (Å²) in [4.78, 5) is 28.5. The normalized spacial score (nSPS) is 14.4. The van der Waals surface area contributed by atoms with Crippen molar-refractivity contribution in [1.29, 1.82) is 0 Å². The van der Waals surface area contributed by atoms with Crippen LogP contribution in [-0.2, 0) is 4.74 Å². The number of fused-ring (bicyclic) bond motifs is 1. The summed E-state index contributed by atoms with van der Waals surface area (Å²) in [6, 6.07) is 14.6. The van der Waals surface area contributed by atoms with Crippen LogP contribution in [0, 0.1) is 0 Å². The second kappa shape index (κ2) is 10.8. The van der Waals surface area contributed by atoms with Gasteiger partial charge in [0.1, 0.15) is 11.6 Å². The number of morpholine rings is 1. The molecule has 9 heteroatoms. The molecule has 2 aromatic carbocycles. The number of ether oxygens (including phenoxy) is 1. The van der Waals surface area contributed by atoms with E-state index in [0.717, 1.165) is 36.3 Å². The molecule has 37 heavy (non-hydrogen) atoms. The molecule has 9 nitrogen and oxygen atoms in total. The molecule has 2 aromatic heterocycles. The fraction of sp³-hybridized carbons (Fsp3) is 0.286. The smallest absolute Gasteiger partial charge is 0.255 e. The van der Waals surface area contributed by atoms with Gasteiger partial charge in [0.2, 0.25) is 5.95 Å². The molecule has 1 saturated heterocycles. The largest absolute Gasteiger partial charge is 0.507 e. The molecule has 1 amide bonds. The minimum absolute atomic E-state index is 0.105. The number of carbonyl (C=O) groups excluding carboxylic acids is 1. The predicted octanol–water partition coefficient (Wildman–Crippen LogP) is 4.70.